The highest BCUT2D eigenvalue weighted by atomic mass is 127. The Hall–Kier alpha value is -0.560. The summed E-state index contributed by atoms with van der Waals surface area (Å²) in [4.78, 5) is 0. The fourth-order valence-electron chi connectivity index (χ4n) is 1.18. The molecule has 3 nitrogen and oxygen atoms in total. The number of sulfonamides is 1. The minimum absolute atomic E-state index is 0.291. The summed E-state index contributed by atoms with van der Waals surface area (Å²) in [5, 5.41) is 0. The van der Waals surface area contributed by atoms with Crippen molar-refractivity contribution in [1.29, 1.82) is 0 Å². The monoisotopic (exact) mass is 337 g/mol. The summed E-state index contributed by atoms with van der Waals surface area (Å²) >= 11 is 2.11. The van der Waals surface area contributed by atoms with Gasteiger partial charge in [-0.3, -0.25) is 4.31 Å². The fraction of sp³-hybridized carbons (Fsp3) is 0.200. The van der Waals surface area contributed by atoms with Crippen LogP contribution in [0.1, 0.15) is 0 Å². The van der Waals surface area contributed by atoms with Gasteiger partial charge in [0.05, 0.1) is 18.5 Å². The zero-order valence-corrected chi connectivity index (χ0v) is 11.3. The van der Waals surface area contributed by atoms with Crippen LogP contribution in [0.4, 0.5) is 5.69 Å². The van der Waals surface area contributed by atoms with Crippen molar-refractivity contribution < 1.29 is 8.42 Å². The first-order chi connectivity index (χ1) is 6.96. The highest BCUT2D eigenvalue weighted by molar-refractivity contribution is 14.1. The Bertz CT molecular complexity index is 456. The van der Waals surface area contributed by atoms with E-state index in [1.165, 1.54) is 10.6 Å². The minimum atomic E-state index is -3.25. The van der Waals surface area contributed by atoms with Gasteiger partial charge >= 0.3 is 0 Å². The molecule has 1 aromatic carbocycles. The molecule has 82 valence electrons. The van der Waals surface area contributed by atoms with Gasteiger partial charge in [-0.25, -0.2) is 8.42 Å². The molecule has 5 heteroatoms. The number of nitrogens with zero attached hydrogens (tertiary/aromatic N) is 1. The summed E-state index contributed by atoms with van der Waals surface area (Å²) in [6.45, 7) is 3.85. The summed E-state index contributed by atoms with van der Waals surface area (Å²) in [6.07, 6.45) is 2.77. The van der Waals surface area contributed by atoms with Crippen molar-refractivity contribution in [3.63, 3.8) is 0 Å². The minimum Gasteiger partial charge on any atom is -0.266 e. The zero-order valence-electron chi connectivity index (χ0n) is 8.35. The molecular weight excluding hydrogens is 325 g/mol. The van der Waals surface area contributed by atoms with Gasteiger partial charge in [0.1, 0.15) is 0 Å². The molecule has 0 atom stereocenters. The Morgan fingerprint density at radius 3 is 2.53 bits per heavy atom. The smallest absolute Gasteiger partial charge is 0.232 e. The van der Waals surface area contributed by atoms with E-state index >= 15 is 0 Å². The number of anilines is 1. The van der Waals surface area contributed by atoms with Crippen LogP contribution in [0.2, 0.25) is 0 Å². The SMILES string of the molecule is C=CCN(c1ccccc1I)S(C)(=O)=O. The number of benzene rings is 1. The van der Waals surface area contributed by atoms with Crippen molar-refractivity contribution >= 4 is 38.3 Å². The van der Waals surface area contributed by atoms with Gasteiger partial charge < -0.3 is 0 Å². The Morgan fingerprint density at radius 1 is 1.47 bits per heavy atom. The molecule has 0 aromatic heterocycles. The van der Waals surface area contributed by atoms with Crippen LogP contribution in [-0.2, 0) is 10.0 Å². The van der Waals surface area contributed by atoms with Crippen LogP contribution in [0, 0.1) is 3.57 Å². The average Bonchev–Trinajstić information content (AvgIpc) is 2.14. The number of hydrogen-bond acceptors (Lipinski definition) is 2. The van der Waals surface area contributed by atoms with Gasteiger partial charge in [-0.1, -0.05) is 18.2 Å². The Kier molecular flexibility index (Phi) is 4.15. The van der Waals surface area contributed by atoms with Crippen LogP contribution in [0.5, 0.6) is 0 Å². The molecule has 1 aromatic rings. The predicted octanol–water partition coefficient (Wildman–Crippen LogP) is 2.24. The van der Waals surface area contributed by atoms with Gasteiger partial charge in [0, 0.05) is 3.57 Å². The van der Waals surface area contributed by atoms with E-state index in [0.29, 0.717) is 12.2 Å². The number of para-hydroxylation sites is 1. The topological polar surface area (TPSA) is 37.4 Å². The highest BCUT2D eigenvalue weighted by Gasteiger charge is 2.17. The van der Waals surface area contributed by atoms with Gasteiger partial charge in [-0.2, -0.15) is 0 Å². The summed E-state index contributed by atoms with van der Waals surface area (Å²) in [5.74, 6) is 0. The molecule has 0 heterocycles. The van der Waals surface area contributed by atoms with Crippen molar-refractivity contribution in [2.75, 3.05) is 17.1 Å². The van der Waals surface area contributed by atoms with E-state index in [1.807, 2.05) is 18.2 Å². The first-order valence-electron chi connectivity index (χ1n) is 4.30. The molecule has 0 saturated heterocycles. The van der Waals surface area contributed by atoms with E-state index < -0.39 is 10.0 Å². The fourth-order valence-corrected chi connectivity index (χ4v) is 2.92. The second kappa shape index (κ2) is 4.98. The van der Waals surface area contributed by atoms with E-state index in [-0.39, 0.29) is 0 Å². The van der Waals surface area contributed by atoms with Crippen molar-refractivity contribution in [2.45, 2.75) is 0 Å². The molecule has 0 N–H and O–H groups in total. The lowest BCUT2D eigenvalue weighted by molar-refractivity contribution is 0.598. The molecule has 0 aliphatic heterocycles. The maximum absolute atomic E-state index is 11.5. The van der Waals surface area contributed by atoms with E-state index in [2.05, 4.69) is 29.2 Å². The van der Waals surface area contributed by atoms with Crippen LogP contribution in [0.15, 0.2) is 36.9 Å². The van der Waals surface area contributed by atoms with Gasteiger partial charge in [0.2, 0.25) is 10.0 Å². The number of hydrogen-bond donors (Lipinski definition) is 0. The second-order valence-electron chi connectivity index (χ2n) is 3.03. The molecule has 15 heavy (non-hydrogen) atoms. The molecule has 1 rings (SSSR count). The Balaban J connectivity index is 3.22. The molecule has 0 spiro atoms. The first kappa shape index (κ1) is 12.5. The lowest BCUT2D eigenvalue weighted by atomic mass is 10.3. The molecule has 0 unspecified atom stereocenters. The van der Waals surface area contributed by atoms with Crippen molar-refractivity contribution in [3.05, 3.63) is 40.5 Å². The average molecular weight is 337 g/mol. The third kappa shape index (κ3) is 3.20. The molecule has 0 saturated carbocycles. The summed E-state index contributed by atoms with van der Waals surface area (Å²) in [7, 11) is -3.25. The van der Waals surface area contributed by atoms with Crippen molar-refractivity contribution in [1.82, 2.24) is 0 Å². The van der Waals surface area contributed by atoms with E-state index in [0.717, 1.165) is 3.57 Å². The van der Waals surface area contributed by atoms with Gasteiger partial charge in [0.25, 0.3) is 0 Å². The predicted molar refractivity (Wildman–Crippen MR) is 71.5 cm³/mol. The van der Waals surface area contributed by atoms with Gasteiger partial charge in [-0.05, 0) is 34.7 Å². The van der Waals surface area contributed by atoms with Crippen LogP contribution >= 0.6 is 22.6 Å². The van der Waals surface area contributed by atoms with Crippen LogP contribution in [-0.4, -0.2) is 21.2 Å². The summed E-state index contributed by atoms with van der Waals surface area (Å²) < 4.78 is 25.3. The maximum atomic E-state index is 11.5. The highest BCUT2D eigenvalue weighted by Crippen LogP contribution is 2.23. The van der Waals surface area contributed by atoms with E-state index in [4.69, 9.17) is 0 Å². The van der Waals surface area contributed by atoms with Crippen LogP contribution in [0.25, 0.3) is 0 Å². The normalized spacial score (nSPS) is 11.1. The largest absolute Gasteiger partial charge is 0.266 e. The molecule has 0 amide bonds. The van der Waals surface area contributed by atoms with Crippen molar-refractivity contribution in [2.24, 2.45) is 0 Å². The van der Waals surface area contributed by atoms with Gasteiger partial charge in [-0.15, -0.1) is 6.58 Å². The second-order valence-corrected chi connectivity index (χ2v) is 6.10. The third-order valence-corrected chi connectivity index (χ3v) is 3.88. The standard InChI is InChI=1S/C10H12INO2S/c1-3-8-12(15(2,13)14)10-7-5-4-6-9(10)11/h3-7H,1,8H2,2H3. The first-order valence-corrected chi connectivity index (χ1v) is 7.22. The lowest BCUT2D eigenvalue weighted by Crippen LogP contribution is -2.30. The Morgan fingerprint density at radius 2 is 2.07 bits per heavy atom. The number of rotatable bonds is 4. The molecular formula is C10H12INO2S. The number of halogens is 1. The van der Waals surface area contributed by atoms with Crippen LogP contribution < -0.4 is 4.31 Å². The molecule has 0 aliphatic carbocycles. The molecule has 0 radical (unpaired) electrons. The molecule has 0 bridgehead atoms. The maximum Gasteiger partial charge on any atom is 0.232 e. The van der Waals surface area contributed by atoms with Crippen LogP contribution in [0.3, 0.4) is 0 Å². The van der Waals surface area contributed by atoms with Crippen molar-refractivity contribution in [3.8, 4) is 0 Å². The third-order valence-electron chi connectivity index (χ3n) is 1.82. The summed E-state index contributed by atoms with van der Waals surface area (Å²) in [5.41, 5.74) is 0.695. The lowest BCUT2D eigenvalue weighted by Gasteiger charge is -2.21. The quantitative estimate of drug-likeness (QED) is 0.624. The zero-order chi connectivity index (χ0) is 11.5. The van der Waals surface area contributed by atoms with E-state index in [1.54, 1.807) is 12.1 Å². The van der Waals surface area contributed by atoms with Gasteiger partial charge in [0.15, 0.2) is 0 Å². The molecule has 0 fully saturated rings. The summed E-state index contributed by atoms with van der Waals surface area (Å²) in [6, 6.07) is 7.35. The molecule has 0 aliphatic rings. The Labute approximate surface area is 104 Å². The van der Waals surface area contributed by atoms with E-state index in [9.17, 15) is 8.42 Å².